The Morgan fingerprint density at radius 1 is 1.03 bits per heavy atom. The molecule has 30 heavy (non-hydrogen) atoms. The maximum absolute atomic E-state index is 13.0. The van der Waals surface area contributed by atoms with Crippen molar-refractivity contribution in [2.45, 2.75) is 39.4 Å². The first-order chi connectivity index (χ1) is 14.2. The maximum Gasteiger partial charge on any atom is 0.410 e. The van der Waals surface area contributed by atoms with Crippen LogP contribution in [0.2, 0.25) is 0 Å². The van der Waals surface area contributed by atoms with Crippen LogP contribution in [0, 0.1) is 0 Å². The Morgan fingerprint density at radius 3 is 2.40 bits per heavy atom. The quantitative estimate of drug-likeness (QED) is 0.768. The first-order valence-electron chi connectivity index (χ1n) is 10.2. The predicted octanol–water partition coefficient (Wildman–Crippen LogP) is 3.08. The molecule has 1 aromatic carbocycles. The molecule has 8 nitrogen and oxygen atoms in total. The minimum absolute atomic E-state index is 0.161. The summed E-state index contributed by atoms with van der Waals surface area (Å²) in [6, 6.07) is 11.5. The van der Waals surface area contributed by atoms with Crippen LogP contribution in [0.25, 0.3) is 0 Å². The molecule has 8 heteroatoms. The second kappa shape index (κ2) is 9.19. The molecule has 1 saturated heterocycles. The standard InChI is InChI=1S/C22H30N4O4/c1-22(2,3)30-21(28)26-12-8-11-25(13-14-26)20(27)18-15-19(24(4)23-18)29-16-17-9-6-5-7-10-17/h5-7,9-10,15H,8,11-14,16H2,1-4H3. The number of aryl methyl sites for hydroxylation is 1. The van der Waals surface area contributed by atoms with E-state index in [1.54, 1.807) is 27.6 Å². The lowest BCUT2D eigenvalue weighted by Gasteiger charge is -2.26. The second-order valence-electron chi connectivity index (χ2n) is 8.38. The fourth-order valence-corrected chi connectivity index (χ4v) is 3.21. The van der Waals surface area contributed by atoms with Crippen molar-refractivity contribution in [2.24, 2.45) is 7.05 Å². The predicted molar refractivity (Wildman–Crippen MR) is 112 cm³/mol. The number of ether oxygens (including phenoxy) is 2. The number of carbonyl (C=O) groups excluding carboxylic acids is 2. The van der Waals surface area contributed by atoms with Gasteiger partial charge in [-0.1, -0.05) is 30.3 Å². The molecule has 162 valence electrons. The Balaban J connectivity index is 1.59. The van der Waals surface area contributed by atoms with E-state index in [9.17, 15) is 9.59 Å². The fraction of sp³-hybridized carbons (Fsp3) is 0.500. The van der Waals surface area contributed by atoms with Gasteiger partial charge in [0.05, 0.1) is 0 Å². The summed E-state index contributed by atoms with van der Waals surface area (Å²) in [5, 5.41) is 4.33. The van der Waals surface area contributed by atoms with Gasteiger partial charge in [-0.25, -0.2) is 9.48 Å². The van der Waals surface area contributed by atoms with E-state index in [0.29, 0.717) is 50.8 Å². The van der Waals surface area contributed by atoms with Crippen molar-refractivity contribution in [1.82, 2.24) is 19.6 Å². The van der Waals surface area contributed by atoms with Crippen LogP contribution in [0.3, 0.4) is 0 Å². The highest BCUT2D eigenvalue weighted by molar-refractivity contribution is 5.92. The number of hydrogen-bond acceptors (Lipinski definition) is 5. The van der Waals surface area contributed by atoms with Crippen molar-refractivity contribution >= 4 is 12.0 Å². The zero-order valence-corrected chi connectivity index (χ0v) is 18.1. The van der Waals surface area contributed by atoms with Crippen LogP contribution in [-0.2, 0) is 18.4 Å². The van der Waals surface area contributed by atoms with Gasteiger partial charge < -0.3 is 19.3 Å². The number of nitrogens with zero attached hydrogens (tertiary/aromatic N) is 4. The van der Waals surface area contributed by atoms with Crippen molar-refractivity contribution in [2.75, 3.05) is 26.2 Å². The molecule has 0 spiro atoms. The summed E-state index contributed by atoms with van der Waals surface area (Å²) in [4.78, 5) is 28.7. The zero-order valence-electron chi connectivity index (χ0n) is 18.1. The van der Waals surface area contributed by atoms with E-state index in [2.05, 4.69) is 5.10 Å². The molecular weight excluding hydrogens is 384 g/mol. The third-order valence-corrected chi connectivity index (χ3v) is 4.72. The van der Waals surface area contributed by atoms with Gasteiger partial charge in [0.2, 0.25) is 5.88 Å². The average molecular weight is 415 g/mol. The van der Waals surface area contributed by atoms with E-state index >= 15 is 0 Å². The molecule has 1 aliphatic rings. The number of hydrogen-bond donors (Lipinski definition) is 0. The zero-order chi connectivity index (χ0) is 21.7. The summed E-state index contributed by atoms with van der Waals surface area (Å²) >= 11 is 0. The second-order valence-corrected chi connectivity index (χ2v) is 8.38. The molecule has 0 aliphatic carbocycles. The van der Waals surface area contributed by atoms with Crippen molar-refractivity contribution in [3.8, 4) is 5.88 Å². The molecule has 0 radical (unpaired) electrons. The maximum atomic E-state index is 13.0. The van der Waals surface area contributed by atoms with Gasteiger partial charge in [0.1, 0.15) is 12.2 Å². The van der Waals surface area contributed by atoms with E-state index in [0.717, 1.165) is 5.56 Å². The molecule has 2 amide bonds. The Kier molecular flexibility index (Phi) is 6.64. The van der Waals surface area contributed by atoms with E-state index in [1.165, 1.54) is 0 Å². The molecule has 0 N–H and O–H groups in total. The molecular formula is C22H30N4O4. The van der Waals surface area contributed by atoms with Crippen molar-refractivity contribution in [1.29, 1.82) is 0 Å². The van der Waals surface area contributed by atoms with E-state index in [4.69, 9.17) is 9.47 Å². The minimum atomic E-state index is -0.539. The van der Waals surface area contributed by atoms with Crippen LogP contribution >= 0.6 is 0 Å². The Morgan fingerprint density at radius 2 is 1.70 bits per heavy atom. The molecule has 3 rings (SSSR count). The van der Waals surface area contributed by atoms with Gasteiger partial charge >= 0.3 is 6.09 Å². The minimum Gasteiger partial charge on any atom is -0.473 e. The average Bonchev–Trinajstić information content (AvgIpc) is 2.90. The smallest absolute Gasteiger partial charge is 0.410 e. The van der Waals surface area contributed by atoms with Crippen LogP contribution in [0.4, 0.5) is 4.79 Å². The monoisotopic (exact) mass is 414 g/mol. The van der Waals surface area contributed by atoms with Crippen LogP contribution in [0.5, 0.6) is 5.88 Å². The Hall–Kier alpha value is -3.03. The normalized spacial score (nSPS) is 14.9. The first-order valence-corrected chi connectivity index (χ1v) is 10.2. The molecule has 0 bridgehead atoms. The summed E-state index contributed by atoms with van der Waals surface area (Å²) in [6.07, 6.45) is 0.348. The van der Waals surface area contributed by atoms with Gasteiger partial charge in [-0.2, -0.15) is 5.10 Å². The number of carbonyl (C=O) groups is 2. The number of rotatable bonds is 4. The molecule has 2 aromatic rings. The van der Waals surface area contributed by atoms with Crippen molar-refractivity contribution < 1.29 is 19.1 Å². The first kappa shape index (κ1) is 21.7. The largest absolute Gasteiger partial charge is 0.473 e. The SMILES string of the molecule is Cn1nc(C(=O)N2CCCN(C(=O)OC(C)(C)C)CC2)cc1OCc1ccccc1. The van der Waals surface area contributed by atoms with Crippen LogP contribution < -0.4 is 4.74 Å². The summed E-state index contributed by atoms with van der Waals surface area (Å²) in [5.74, 6) is 0.374. The highest BCUT2D eigenvalue weighted by Crippen LogP contribution is 2.17. The lowest BCUT2D eigenvalue weighted by atomic mass is 10.2. The lowest BCUT2D eigenvalue weighted by Crippen LogP contribution is -2.40. The Bertz CT molecular complexity index is 873. The van der Waals surface area contributed by atoms with E-state index in [-0.39, 0.29) is 12.0 Å². The van der Waals surface area contributed by atoms with Gasteiger partial charge in [-0.15, -0.1) is 0 Å². The molecule has 0 unspecified atom stereocenters. The number of aromatic nitrogens is 2. The fourth-order valence-electron chi connectivity index (χ4n) is 3.21. The molecule has 0 saturated carbocycles. The third-order valence-electron chi connectivity index (χ3n) is 4.72. The Labute approximate surface area is 177 Å². The summed E-state index contributed by atoms with van der Waals surface area (Å²) in [5.41, 5.74) is 0.843. The highest BCUT2D eigenvalue weighted by atomic mass is 16.6. The van der Waals surface area contributed by atoms with Gasteiger partial charge in [-0.3, -0.25) is 4.79 Å². The van der Waals surface area contributed by atoms with Crippen LogP contribution in [0.1, 0.15) is 43.2 Å². The van der Waals surface area contributed by atoms with Gasteiger partial charge in [0.15, 0.2) is 5.69 Å². The lowest BCUT2D eigenvalue weighted by molar-refractivity contribution is 0.0255. The van der Waals surface area contributed by atoms with Crippen LogP contribution in [0.15, 0.2) is 36.4 Å². The molecule has 1 aliphatic heterocycles. The van der Waals surface area contributed by atoms with Gasteiger partial charge in [0.25, 0.3) is 5.91 Å². The van der Waals surface area contributed by atoms with E-state index < -0.39 is 5.60 Å². The summed E-state index contributed by atoms with van der Waals surface area (Å²) in [7, 11) is 1.75. The highest BCUT2D eigenvalue weighted by Gasteiger charge is 2.27. The van der Waals surface area contributed by atoms with Crippen LogP contribution in [-0.4, -0.2) is 63.4 Å². The molecule has 0 atom stereocenters. The summed E-state index contributed by atoms with van der Waals surface area (Å²) < 4.78 is 12.8. The van der Waals surface area contributed by atoms with Gasteiger partial charge in [-0.05, 0) is 32.8 Å². The third kappa shape index (κ3) is 5.75. The molecule has 2 heterocycles. The van der Waals surface area contributed by atoms with Crippen molar-refractivity contribution in [3.05, 3.63) is 47.7 Å². The number of amides is 2. The topological polar surface area (TPSA) is 76.9 Å². The molecule has 1 aromatic heterocycles. The molecule has 1 fully saturated rings. The van der Waals surface area contributed by atoms with E-state index in [1.807, 2.05) is 51.1 Å². The van der Waals surface area contributed by atoms with Crippen molar-refractivity contribution in [3.63, 3.8) is 0 Å². The summed E-state index contributed by atoms with van der Waals surface area (Å²) in [6.45, 7) is 7.94. The van der Waals surface area contributed by atoms with Gasteiger partial charge in [0, 0.05) is 39.3 Å². The number of benzene rings is 1.